The molecule has 9 heteroatoms. The van der Waals surface area contributed by atoms with Crippen molar-refractivity contribution in [3.63, 3.8) is 0 Å². The summed E-state index contributed by atoms with van der Waals surface area (Å²) >= 11 is 0. The highest BCUT2D eigenvalue weighted by atomic mass is 19.3. The first-order valence-electron chi connectivity index (χ1n) is 7.28. The molecule has 1 aromatic heterocycles. The molecule has 0 saturated heterocycles. The Balaban J connectivity index is 2.43. The first kappa shape index (κ1) is 18.2. The fraction of sp³-hybridized carbons (Fsp3) is 0.467. The molecular weight excluding hydrogens is 330 g/mol. The third-order valence-electron chi connectivity index (χ3n) is 3.26. The van der Waals surface area contributed by atoms with E-state index >= 15 is 0 Å². The van der Waals surface area contributed by atoms with Crippen LogP contribution in [0.1, 0.15) is 19.2 Å². The number of halogens is 4. The van der Waals surface area contributed by atoms with Gasteiger partial charge in [0.05, 0.1) is 18.2 Å². The molecule has 0 aliphatic rings. The standard InChI is InChI=1S/C15H17F4N3O2/c1-3-10(23)8-22-13(20-9(2)21-22)11-6-4-5-7-12(11)24-15(18,19)14(16)17/h4-7,10,14,23H,3,8H2,1-2H3/t10-/m0/s1. The average molecular weight is 347 g/mol. The summed E-state index contributed by atoms with van der Waals surface area (Å²) in [5.41, 5.74) is 0.0849. The van der Waals surface area contributed by atoms with Gasteiger partial charge >= 0.3 is 12.5 Å². The number of rotatable bonds is 7. The lowest BCUT2D eigenvalue weighted by atomic mass is 10.2. The normalized spacial score (nSPS) is 13.3. The molecule has 0 radical (unpaired) electrons. The van der Waals surface area contributed by atoms with Crippen molar-refractivity contribution in [2.45, 2.75) is 45.5 Å². The summed E-state index contributed by atoms with van der Waals surface area (Å²) < 4.78 is 56.8. The lowest BCUT2D eigenvalue weighted by molar-refractivity contribution is -0.253. The van der Waals surface area contributed by atoms with E-state index in [0.29, 0.717) is 12.2 Å². The van der Waals surface area contributed by atoms with Crippen molar-refractivity contribution in [1.29, 1.82) is 0 Å². The van der Waals surface area contributed by atoms with Gasteiger partial charge in [0.1, 0.15) is 11.6 Å². The minimum atomic E-state index is -4.63. The molecule has 1 atom stereocenters. The van der Waals surface area contributed by atoms with Gasteiger partial charge in [0.15, 0.2) is 5.82 Å². The second kappa shape index (κ2) is 7.16. The smallest absolute Gasteiger partial charge is 0.428 e. The molecule has 24 heavy (non-hydrogen) atoms. The number of hydrogen-bond donors (Lipinski definition) is 1. The van der Waals surface area contributed by atoms with Crippen LogP contribution >= 0.6 is 0 Å². The average Bonchev–Trinajstić information content (AvgIpc) is 2.87. The second-order valence-corrected chi connectivity index (χ2v) is 5.19. The number of aryl methyl sites for hydroxylation is 1. The van der Waals surface area contributed by atoms with Gasteiger partial charge < -0.3 is 9.84 Å². The Morgan fingerprint density at radius 3 is 2.58 bits per heavy atom. The van der Waals surface area contributed by atoms with Crippen molar-refractivity contribution in [3.05, 3.63) is 30.1 Å². The number of aromatic nitrogens is 3. The SMILES string of the molecule is CC[C@H](O)Cn1nc(C)nc1-c1ccccc1OC(F)(F)C(F)F. The van der Waals surface area contributed by atoms with E-state index < -0.39 is 24.4 Å². The zero-order valence-electron chi connectivity index (χ0n) is 13.1. The highest BCUT2D eigenvalue weighted by Gasteiger charge is 2.44. The molecule has 0 saturated carbocycles. The first-order valence-corrected chi connectivity index (χ1v) is 7.28. The molecule has 0 aliphatic heterocycles. The molecule has 2 aromatic rings. The van der Waals surface area contributed by atoms with Gasteiger partial charge in [0.25, 0.3) is 0 Å². The van der Waals surface area contributed by atoms with Crippen LogP contribution in [0.4, 0.5) is 17.6 Å². The summed E-state index contributed by atoms with van der Waals surface area (Å²) in [6.45, 7) is 3.45. The quantitative estimate of drug-likeness (QED) is 0.781. The number of nitrogens with zero attached hydrogens (tertiary/aromatic N) is 3. The minimum absolute atomic E-state index is 0.0849. The molecule has 5 nitrogen and oxygen atoms in total. The molecule has 0 fully saturated rings. The van der Waals surface area contributed by atoms with Crippen molar-refractivity contribution in [3.8, 4) is 17.1 Å². The molecule has 0 spiro atoms. The summed E-state index contributed by atoms with van der Waals surface area (Å²) in [7, 11) is 0. The van der Waals surface area contributed by atoms with E-state index in [9.17, 15) is 22.7 Å². The maximum Gasteiger partial charge on any atom is 0.461 e. The molecule has 132 valence electrons. The number of para-hydroxylation sites is 1. The molecule has 1 N–H and O–H groups in total. The van der Waals surface area contributed by atoms with Crippen LogP contribution in [-0.2, 0) is 6.54 Å². The maximum atomic E-state index is 13.2. The van der Waals surface area contributed by atoms with Gasteiger partial charge in [-0.25, -0.2) is 9.67 Å². The lowest BCUT2D eigenvalue weighted by Gasteiger charge is -2.19. The Morgan fingerprint density at radius 2 is 1.96 bits per heavy atom. The number of ether oxygens (including phenoxy) is 1. The summed E-state index contributed by atoms with van der Waals surface area (Å²) in [6.07, 6.45) is -8.84. The third-order valence-corrected chi connectivity index (χ3v) is 3.26. The summed E-state index contributed by atoms with van der Waals surface area (Å²) in [5.74, 6) is 0.0619. The maximum absolute atomic E-state index is 13.2. The highest BCUT2D eigenvalue weighted by molar-refractivity contribution is 5.64. The van der Waals surface area contributed by atoms with Crippen LogP contribution in [0.5, 0.6) is 5.75 Å². The van der Waals surface area contributed by atoms with E-state index in [2.05, 4.69) is 14.8 Å². The molecule has 1 aromatic carbocycles. The van der Waals surface area contributed by atoms with Gasteiger partial charge in [-0.05, 0) is 25.5 Å². The molecule has 0 unspecified atom stereocenters. The van der Waals surface area contributed by atoms with Gasteiger partial charge in [-0.15, -0.1) is 0 Å². The molecule has 2 rings (SSSR count). The Morgan fingerprint density at radius 1 is 1.29 bits per heavy atom. The Kier molecular flexibility index (Phi) is 5.43. The van der Waals surface area contributed by atoms with Crippen LogP contribution in [0, 0.1) is 6.92 Å². The molecule has 0 aliphatic carbocycles. The predicted molar refractivity (Wildman–Crippen MR) is 78.1 cm³/mol. The second-order valence-electron chi connectivity index (χ2n) is 5.19. The third kappa shape index (κ3) is 4.02. The number of hydrogen-bond acceptors (Lipinski definition) is 4. The monoisotopic (exact) mass is 347 g/mol. The Hall–Kier alpha value is -2.16. The first-order chi connectivity index (χ1) is 11.2. The van der Waals surface area contributed by atoms with Crippen LogP contribution < -0.4 is 4.74 Å². The zero-order valence-corrected chi connectivity index (χ0v) is 13.1. The van der Waals surface area contributed by atoms with E-state index in [1.165, 1.54) is 22.9 Å². The summed E-state index contributed by atoms with van der Waals surface area (Å²) in [4.78, 5) is 4.13. The Bertz CT molecular complexity index is 691. The molecule has 1 heterocycles. The predicted octanol–water partition coefficient (Wildman–Crippen LogP) is 3.26. The number of alkyl halides is 4. The van der Waals surface area contributed by atoms with Gasteiger partial charge in [-0.2, -0.15) is 22.7 Å². The van der Waals surface area contributed by atoms with Crippen LogP contribution in [0.25, 0.3) is 11.4 Å². The van der Waals surface area contributed by atoms with Gasteiger partial charge in [-0.1, -0.05) is 19.1 Å². The topological polar surface area (TPSA) is 60.2 Å². The van der Waals surface area contributed by atoms with Crippen LogP contribution in [-0.4, -0.2) is 38.5 Å². The van der Waals surface area contributed by atoms with Crippen molar-refractivity contribution >= 4 is 0 Å². The molecular formula is C15H17F4N3O2. The van der Waals surface area contributed by atoms with E-state index in [1.54, 1.807) is 13.8 Å². The van der Waals surface area contributed by atoms with Crippen LogP contribution in [0.2, 0.25) is 0 Å². The van der Waals surface area contributed by atoms with Crippen molar-refractivity contribution < 1.29 is 27.4 Å². The summed E-state index contributed by atoms with van der Waals surface area (Å²) in [5, 5.41) is 13.9. The largest absolute Gasteiger partial charge is 0.461 e. The van der Waals surface area contributed by atoms with Crippen molar-refractivity contribution in [1.82, 2.24) is 14.8 Å². The van der Waals surface area contributed by atoms with E-state index in [4.69, 9.17) is 0 Å². The van der Waals surface area contributed by atoms with E-state index in [1.807, 2.05) is 0 Å². The van der Waals surface area contributed by atoms with Gasteiger partial charge in [0, 0.05) is 0 Å². The molecule has 0 bridgehead atoms. The minimum Gasteiger partial charge on any atom is -0.428 e. The van der Waals surface area contributed by atoms with Crippen LogP contribution in [0.15, 0.2) is 24.3 Å². The number of benzene rings is 1. The number of aliphatic hydroxyl groups excluding tert-OH is 1. The summed E-state index contributed by atoms with van der Waals surface area (Å²) in [6, 6.07) is 5.48. The number of aliphatic hydroxyl groups is 1. The fourth-order valence-electron chi connectivity index (χ4n) is 2.04. The van der Waals surface area contributed by atoms with Crippen LogP contribution in [0.3, 0.4) is 0 Å². The zero-order chi connectivity index (χ0) is 17.9. The van der Waals surface area contributed by atoms with Crippen molar-refractivity contribution in [2.75, 3.05) is 0 Å². The lowest BCUT2D eigenvalue weighted by Crippen LogP contribution is -2.33. The Labute approximate surface area is 135 Å². The molecule has 0 amide bonds. The van der Waals surface area contributed by atoms with E-state index in [0.717, 1.165) is 6.07 Å². The van der Waals surface area contributed by atoms with Gasteiger partial charge in [-0.3, -0.25) is 0 Å². The van der Waals surface area contributed by atoms with E-state index in [-0.39, 0.29) is 17.9 Å². The van der Waals surface area contributed by atoms with Gasteiger partial charge in [0.2, 0.25) is 0 Å². The van der Waals surface area contributed by atoms with Crippen molar-refractivity contribution in [2.24, 2.45) is 0 Å². The highest BCUT2D eigenvalue weighted by Crippen LogP contribution is 2.34. The fourth-order valence-corrected chi connectivity index (χ4v) is 2.04.